The van der Waals surface area contributed by atoms with Gasteiger partial charge in [-0.05, 0) is 64.6 Å². The van der Waals surface area contributed by atoms with E-state index in [-0.39, 0.29) is 43.4 Å². The average Bonchev–Trinajstić information content (AvgIpc) is 3.63. The summed E-state index contributed by atoms with van der Waals surface area (Å²) in [6, 6.07) is 16.0. The highest BCUT2D eigenvalue weighted by Crippen LogP contribution is 2.45. The third-order valence-electron chi connectivity index (χ3n) is 10.2. The molecule has 2 aliphatic rings. The zero-order chi connectivity index (χ0) is 38.8. The summed E-state index contributed by atoms with van der Waals surface area (Å²) in [5, 5.41) is 4.77. The third-order valence-corrected chi connectivity index (χ3v) is 13.7. The molecule has 1 amide bonds. The van der Waals surface area contributed by atoms with Crippen molar-refractivity contribution in [2.75, 3.05) is 31.6 Å². The molecule has 3 aromatic heterocycles. The quantitative estimate of drug-likeness (QED) is 0.0711. The monoisotopic (exact) mass is 774 g/mol. The summed E-state index contributed by atoms with van der Waals surface area (Å²) in [6.45, 7) is 21.0. The number of ether oxygens (including phenoxy) is 3. The van der Waals surface area contributed by atoms with Crippen molar-refractivity contribution in [1.82, 2.24) is 24.5 Å². The highest BCUT2D eigenvalue weighted by Gasteiger charge is 2.46. The predicted molar refractivity (Wildman–Crippen MR) is 219 cm³/mol. The van der Waals surface area contributed by atoms with Gasteiger partial charge in [-0.25, -0.2) is 14.2 Å². The van der Waals surface area contributed by atoms with Gasteiger partial charge in [-0.3, -0.25) is 4.98 Å². The van der Waals surface area contributed by atoms with Crippen LogP contribution >= 0.6 is 0 Å². The van der Waals surface area contributed by atoms with Gasteiger partial charge in [0.15, 0.2) is 17.3 Å². The van der Waals surface area contributed by atoms with Crippen LogP contribution < -0.4 is 4.90 Å². The summed E-state index contributed by atoms with van der Waals surface area (Å²) < 4.78 is 37.4. The number of fused-ring (bicyclic) bond motifs is 3. The van der Waals surface area contributed by atoms with Gasteiger partial charge in [0.05, 0.1) is 17.6 Å². The molecule has 2 saturated heterocycles. The lowest BCUT2D eigenvalue weighted by molar-refractivity contribution is 0.00558. The number of pyridine rings is 1. The number of piperidine rings is 1. The van der Waals surface area contributed by atoms with E-state index >= 15 is 4.39 Å². The van der Waals surface area contributed by atoms with Crippen molar-refractivity contribution in [3.63, 3.8) is 0 Å². The molecule has 0 spiro atoms. The Morgan fingerprint density at radius 1 is 0.870 bits per heavy atom. The van der Waals surface area contributed by atoms with E-state index in [9.17, 15) is 4.79 Å². The molecule has 5 heterocycles. The number of aromatic nitrogens is 4. The van der Waals surface area contributed by atoms with Crippen LogP contribution in [-0.4, -0.2) is 91.1 Å². The SMILES string of the molecule is CC(C)(C)OC(=O)N1C2CCC1CC(c1nc3c(-c4ccc(-c5ccccc5)nc4)cnn3c(N(COCC[Si](C)(C)C)COCC[Si](C)(C)C)c1F)C2. The van der Waals surface area contributed by atoms with Gasteiger partial charge in [0.1, 0.15) is 19.1 Å². The lowest BCUT2D eigenvalue weighted by atomic mass is 9.87. The van der Waals surface area contributed by atoms with Crippen molar-refractivity contribution >= 4 is 33.7 Å². The van der Waals surface area contributed by atoms with E-state index in [0.29, 0.717) is 37.4 Å². The molecule has 2 fully saturated rings. The minimum absolute atomic E-state index is 0.0468. The predicted octanol–water partition coefficient (Wildman–Crippen LogP) is 9.67. The lowest BCUT2D eigenvalue weighted by Crippen LogP contribution is -2.48. The maximum Gasteiger partial charge on any atom is 0.410 e. The number of hydrogen-bond acceptors (Lipinski definition) is 8. The molecule has 2 bridgehead atoms. The van der Waals surface area contributed by atoms with Gasteiger partial charge in [0.2, 0.25) is 0 Å². The first-order valence-corrected chi connectivity index (χ1v) is 26.9. The van der Waals surface area contributed by atoms with Crippen molar-refractivity contribution in [3.05, 3.63) is 66.4 Å². The normalized spacial score (nSPS) is 19.1. The Bertz CT molecular complexity index is 1850. The van der Waals surface area contributed by atoms with Crippen LogP contribution in [0.3, 0.4) is 0 Å². The van der Waals surface area contributed by atoms with E-state index in [1.807, 2.05) is 79.2 Å². The van der Waals surface area contributed by atoms with Crippen LogP contribution in [0.4, 0.5) is 15.0 Å². The van der Waals surface area contributed by atoms with Gasteiger partial charge < -0.3 is 24.0 Å². The number of halogens is 1. The van der Waals surface area contributed by atoms with Crippen molar-refractivity contribution < 1.29 is 23.4 Å². The molecule has 0 saturated carbocycles. The Hall–Kier alpha value is -3.66. The van der Waals surface area contributed by atoms with Gasteiger partial charge in [0, 0.05) is 70.3 Å². The van der Waals surface area contributed by atoms with Gasteiger partial charge in [-0.2, -0.15) is 9.61 Å². The van der Waals surface area contributed by atoms with Crippen molar-refractivity contribution in [2.24, 2.45) is 0 Å². The molecule has 292 valence electrons. The van der Waals surface area contributed by atoms with Crippen LogP contribution in [0.25, 0.3) is 28.0 Å². The molecule has 0 aliphatic carbocycles. The minimum Gasteiger partial charge on any atom is -0.444 e. The van der Waals surface area contributed by atoms with Gasteiger partial charge >= 0.3 is 6.09 Å². The topological polar surface area (TPSA) is 94.3 Å². The van der Waals surface area contributed by atoms with E-state index < -0.39 is 27.6 Å². The molecule has 13 heteroatoms. The Kier molecular flexibility index (Phi) is 12.0. The van der Waals surface area contributed by atoms with E-state index in [0.717, 1.165) is 47.3 Å². The zero-order valence-electron chi connectivity index (χ0n) is 33.7. The molecule has 0 radical (unpaired) electrons. The van der Waals surface area contributed by atoms with Crippen LogP contribution in [0.1, 0.15) is 58.1 Å². The third kappa shape index (κ3) is 9.76. The van der Waals surface area contributed by atoms with Crippen LogP contribution in [0.2, 0.25) is 51.4 Å². The molecule has 10 nitrogen and oxygen atoms in total. The molecule has 6 rings (SSSR count). The van der Waals surface area contributed by atoms with Crippen molar-refractivity contribution in [1.29, 1.82) is 0 Å². The number of rotatable bonds is 14. The maximum absolute atomic E-state index is 17.5. The number of carbonyl (C=O) groups excluding carboxylic acids is 1. The maximum atomic E-state index is 17.5. The highest BCUT2D eigenvalue weighted by molar-refractivity contribution is 6.76. The number of benzene rings is 1. The van der Waals surface area contributed by atoms with Gasteiger partial charge in [-0.15, -0.1) is 0 Å². The second-order valence-electron chi connectivity index (χ2n) is 18.4. The fourth-order valence-electron chi connectivity index (χ4n) is 7.33. The van der Waals surface area contributed by atoms with E-state index in [1.165, 1.54) is 0 Å². The first-order valence-electron chi connectivity index (χ1n) is 19.5. The average molecular weight is 775 g/mol. The number of carbonyl (C=O) groups is 1. The summed E-state index contributed by atoms with van der Waals surface area (Å²) in [7, 11) is -2.71. The Morgan fingerprint density at radius 2 is 1.48 bits per heavy atom. The molecular weight excluding hydrogens is 716 g/mol. The first-order chi connectivity index (χ1) is 25.5. The van der Waals surface area contributed by atoms with Crippen LogP contribution in [0, 0.1) is 5.82 Å². The lowest BCUT2D eigenvalue weighted by Gasteiger charge is -2.39. The molecule has 2 atom stereocenters. The largest absolute Gasteiger partial charge is 0.444 e. The van der Waals surface area contributed by atoms with Crippen LogP contribution in [-0.2, 0) is 14.2 Å². The van der Waals surface area contributed by atoms with Crippen molar-refractivity contribution in [3.8, 4) is 22.4 Å². The van der Waals surface area contributed by atoms with E-state index in [1.54, 1.807) is 10.7 Å². The second-order valence-corrected chi connectivity index (χ2v) is 29.6. The number of nitrogens with zero attached hydrogens (tertiary/aromatic N) is 6. The molecule has 2 unspecified atom stereocenters. The van der Waals surface area contributed by atoms with Crippen molar-refractivity contribution in [2.45, 2.75) is 121 Å². The first kappa shape index (κ1) is 40.0. The Morgan fingerprint density at radius 3 is 2.02 bits per heavy atom. The molecule has 4 aromatic rings. The van der Waals surface area contributed by atoms with E-state index in [2.05, 4.69) is 39.3 Å². The van der Waals surface area contributed by atoms with Crippen LogP contribution in [0.5, 0.6) is 0 Å². The number of anilines is 1. The Balaban J connectivity index is 1.40. The van der Waals surface area contributed by atoms with Crippen LogP contribution in [0.15, 0.2) is 54.9 Å². The van der Waals surface area contributed by atoms with Gasteiger partial charge in [-0.1, -0.05) is 75.7 Å². The fraction of sp³-hybridized carbons (Fsp3) is 0.561. The molecule has 1 aromatic carbocycles. The summed E-state index contributed by atoms with van der Waals surface area (Å²) in [6.07, 6.45) is 6.21. The van der Waals surface area contributed by atoms with E-state index in [4.69, 9.17) is 29.3 Å². The molecule has 0 N–H and O–H groups in total. The molecular formula is C41H59FN6O4Si2. The number of amides is 1. The Labute approximate surface area is 322 Å². The standard InChI is InChI=1S/C41H59FN6O4Si2/c1-41(2,3)52-40(49)47-32-16-17-33(47)24-31(23-32)37-36(42)39(46(27-50-19-21-53(4,5)6)28-51-20-22-54(7,8)9)48-38(45-37)34(26-44-48)30-15-18-35(43-25-30)29-13-11-10-12-14-29/h10-15,18,25-26,31-33H,16-17,19-24,27-28H2,1-9H3. The fourth-order valence-corrected chi connectivity index (χ4v) is 8.85. The summed E-state index contributed by atoms with van der Waals surface area (Å²) in [5.74, 6) is -0.348. The summed E-state index contributed by atoms with van der Waals surface area (Å²) >= 11 is 0. The van der Waals surface area contributed by atoms with Gasteiger partial charge in [0.25, 0.3) is 0 Å². The molecule has 54 heavy (non-hydrogen) atoms. The molecule has 2 aliphatic heterocycles. The summed E-state index contributed by atoms with van der Waals surface area (Å²) in [4.78, 5) is 26.9. The summed E-state index contributed by atoms with van der Waals surface area (Å²) in [5.41, 5.74) is 3.84. The zero-order valence-corrected chi connectivity index (χ0v) is 35.7. The second kappa shape index (κ2) is 16.2. The minimum atomic E-state index is -1.36. The highest BCUT2D eigenvalue weighted by atomic mass is 28.3. The smallest absolute Gasteiger partial charge is 0.410 e. The number of hydrogen-bond donors (Lipinski definition) is 0.